The lowest BCUT2D eigenvalue weighted by Crippen LogP contribution is -2.41. The van der Waals surface area contributed by atoms with Gasteiger partial charge >= 0.3 is 7.12 Å². The number of nitrogens with one attached hydrogen (secondary N) is 1. The second-order valence-corrected chi connectivity index (χ2v) is 16.0. The molecule has 0 aliphatic carbocycles. The summed E-state index contributed by atoms with van der Waals surface area (Å²) < 4.78 is 27.6. The van der Waals surface area contributed by atoms with Crippen LogP contribution in [-0.4, -0.2) is 57.3 Å². The van der Waals surface area contributed by atoms with Crippen LogP contribution < -0.4 is 14.9 Å². The zero-order valence-corrected chi connectivity index (χ0v) is 31.4. The predicted octanol–water partition coefficient (Wildman–Crippen LogP) is 8.24. The van der Waals surface area contributed by atoms with Crippen molar-refractivity contribution in [1.82, 2.24) is 19.4 Å². The van der Waals surface area contributed by atoms with E-state index in [1.807, 2.05) is 23.2 Å². The third kappa shape index (κ3) is 6.19. The SMILES string of the molecule is COc1cccc(CCC2Oc3cc(-c4cnc(C5CCCN5C(=O)CC(C)C)[nH]4)ccc3-c3cc4cc(B5OC(C)(C)C(C)(C)O5)ccc4n32)c1. The van der Waals surface area contributed by atoms with Gasteiger partial charge in [0.1, 0.15) is 17.3 Å². The number of hydrogen-bond donors (Lipinski definition) is 1. The highest BCUT2D eigenvalue weighted by Crippen LogP contribution is 2.45. The number of aromatic nitrogens is 3. The molecule has 8 rings (SSSR count). The number of carbonyl (C=O) groups is 1. The van der Waals surface area contributed by atoms with Crippen LogP contribution in [0.5, 0.6) is 11.5 Å². The van der Waals surface area contributed by atoms with E-state index in [4.69, 9.17) is 23.8 Å². The number of amides is 1. The fourth-order valence-electron chi connectivity index (χ4n) is 7.87. The number of hydrogen-bond acceptors (Lipinski definition) is 6. The lowest BCUT2D eigenvalue weighted by atomic mass is 9.78. The molecule has 1 amide bonds. The van der Waals surface area contributed by atoms with E-state index in [0.717, 1.165) is 88.4 Å². The zero-order chi connectivity index (χ0) is 36.4. The average Bonchev–Trinajstić information content (AvgIpc) is 3.91. The van der Waals surface area contributed by atoms with Gasteiger partial charge in [-0.3, -0.25) is 4.79 Å². The highest BCUT2D eigenvalue weighted by Gasteiger charge is 2.51. The molecule has 0 spiro atoms. The maximum absolute atomic E-state index is 13.0. The molecule has 1 N–H and O–H groups in total. The van der Waals surface area contributed by atoms with Crippen molar-refractivity contribution in [3.8, 4) is 34.0 Å². The van der Waals surface area contributed by atoms with E-state index in [1.165, 1.54) is 5.56 Å². The molecule has 0 radical (unpaired) electrons. The Kier molecular flexibility index (Phi) is 8.74. The van der Waals surface area contributed by atoms with E-state index >= 15 is 0 Å². The Bertz CT molecular complexity index is 2120. The van der Waals surface area contributed by atoms with Gasteiger partial charge in [-0.1, -0.05) is 44.2 Å². The number of H-pyrrole nitrogens is 1. The van der Waals surface area contributed by atoms with Crippen molar-refractivity contribution in [3.63, 3.8) is 0 Å². The number of aromatic amines is 1. The summed E-state index contributed by atoms with van der Waals surface area (Å²) >= 11 is 0. The Balaban J connectivity index is 1.13. The molecule has 52 heavy (non-hydrogen) atoms. The maximum atomic E-state index is 13.0. The molecule has 2 atom stereocenters. The number of imidazole rings is 1. The lowest BCUT2D eigenvalue weighted by molar-refractivity contribution is -0.133. The van der Waals surface area contributed by atoms with Gasteiger partial charge in [-0.2, -0.15) is 0 Å². The van der Waals surface area contributed by atoms with Crippen molar-refractivity contribution in [1.29, 1.82) is 0 Å². The molecule has 0 bridgehead atoms. The molecule has 9 nitrogen and oxygen atoms in total. The van der Waals surface area contributed by atoms with Gasteiger partial charge in [0, 0.05) is 35.9 Å². The molecule has 3 aliphatic rings. The third-order valence-corrected chi connectivity index (χ3v) is 11.4. The molecule has 3 aromatic carbocycles. The first-order valence-corrected chi connectivity index (χ1v) is 18.7. The number of aryl methyl sites for hydroxylation is 1. The van der Waals surface area contributed by atoms with Crippen LogP contribution in [0.1, 0.15) is 90.9 Å². The number of methoxy groups -OCH3 is 1. The Morgan fingerprint density at radius 1 is 1.04 bits per heavy atom. The van der Waals surface area contributed by atoms with Crippen LogP contribution in [0, 0.1) is 5.92 Å². The minimum absolute atomic E-state index is 0.0207. The number of carbonyl (C=O) groups excluding carboxylic acids is 1. The summed E-state index contributed by atoms with van der Waals surface area (Å²) in [5, 5.41) is 1.11. The molecular weight excluding hydrogens is 651 g/mol. The Hall–Kier alpha value is -4.54. The number of likely N-dealkylation sites (tertiary alicyclic amines) is 1. The van der Waals surface area contributed by atoms with Gasteiger partial charge in [-0.15, -0.1) is 0 Å². The van der Waals surface area contributed by atoms with E-state index in [9.17, 15) is 4.79 Å². The summed E-state index contributed by atoms with van der Waals surface area (Å²) in [6.07, 6.45) is 5.70. The van der Waals surface area contributed by atoms with Gasteiger partial charge in [0.15, 0.2) is 6.23 Å². The van der Waals surface area contributed by atoms with Crippen LogP contribution in [0.25, 0.3) is 33.4 Å². The first kappa shape index (κ1) is 34.5. The van der Waals surface area contributed by atoms with Crippen LogP contribution in [0.15, 0.2) is 72.9 Å². The topological polar surface area (TPSA) is 90.8 Å². The predicted molar refractivity (Wildman–Crippen MR) is 205 cm³/mol. The largest absolute Gasteiger partial charge is 0.497 e. The molecule has 3 aliphatic heterocycles. The van der Waals surface area contributed by atoms with Gasteiger partial charge in [0.25, 0.3) is 0 Å². The van der Waals surface area contributed by atoms with Crippen molar-refractivity contribution in [3.05, 3.63) is 84.3 Å². The molecular formula is C42H49BN4O5. The second kappa shape index (κ2) is 13.1. The van der Waals surface area contributed by atoms with Crippen molar-refractivity contribution in [2.45, 2.75) is 97.1 Å². The van der Waals surface area contributed by atoms with Gasteiger partial charge in [0.05, 0.1) is 47.5 Å². The van der Waals surface area contributed by atoms with Crippen molar-refractivity contribution in [2.24, 2.45) is 5.92 Å². The molecule has 2 aromatic heterocycles. The molecule has 2 saturated heterocycles. The van der Waals surface area contributed by atoms with Gasteiger partial charge in [0.2, 0.25) is 5.91 Å². The molecule has 5 aromatic rings. The summed E-state index contributed by atoms with van der Waals surface area (Å²) in [6, 6.07) is 23.4. The van der Waals surface area contributed by atoms with Crippen LogP contribution in [0.3, 0.4) is 0 Å². The van der Waals surface area contributed by atoms with E-state index in [1.54, 1.807) is 7.11 Å². The summed E-state index contributed by atoms with van der Waals surface area (Å²) in [6.45, 7) is 13.3. The minimum atomic E-state index is -0.440. The van der Waals surface area contributed by atoms with E-state index in [0.29, 0.717) is 12.3 Å². The number of rotatable bonds is 9. The Labute approximate surface area is 306 Å². The van der Waals surface area contributed by atoms with E-state index in [-0.39, 0.29) is 18.2 Å². The van der Waals surface area contributed by atoms with Crippen molar-refractivity contribution >= 4 is 29.4 Å². The van der Waals surface area contributed by atoms with Crippen LogP contribution >= 0.6 is 0 Å². The second-order valence-electron chi connectivity index (χ2n) is 16.0. The Morgan fingerprint density at radius 2 is 1.85 bits per heavy atom. The monoisotopic (exact) mass is 700 g/mol. The zero-order valence-electron chi connectivity index (χ0n) is 31.4. The highest BCUT2D eigenvalue weighted by atomic mass is 16.7. The number of benzene rings is 3. The molecule has 0 saturated carbocycles. The third-order valence-electron chi connectivity index (χ3n) is 11.4. The highest BCUT2D eigenvalue weighted by molar-refractivity contribution is 6.62. The minimum Gasteiger partial charge on any atom is -0.497 e. The summed E-state index contributed by atoms with van der Waals surface area (Å²) in [5.74, 6) is 3.06. The fourth-order valence-corrected chi connectivity index (χ4v) is 7.87. The quantitative estimate of drug-likeness (QED) is 0.156. The number of nitrogens with zero attached hydrogens (tertiary/aromatic N) is 3. The molecule has 2 fully saturated rings. The number of ether oxygens (including phenoxy) is 2. The standard InChI is InChI=1S/C42H49BN4O5/c1-26(2)20-38(48)46-19-9-12-35(46)40-44-25-33(45-40)28-14-16-32-36-23-29-22-30(43-51-41(3,4)42(5,6)52-43)15-17-34(29)47(36)39(50-37(32)24-28)18-13-27-10-8-11-31(21-27)49-7/h8,10-11,14-17,21-26,35,39H,9,12-13,18-20H2,1-7H3,(H,44,45). The van der Waals surface area contributed by atoms with Crippen molar-refractivity contribution in [2.75, 3.05) is 13.7 Å². The normalized spacial score (nSPS) is 20.3. The first-order valence-electron chi connectivity index (χ1n) is 18.7. The molecule has 270 valence electrons. The maximum Gasteiger partial charge on any atom is 0.494 e. The molecule has 10 heteroatoms. The molecule has 5 heterocycles. The average molecular weight is 701 g/mol. The fraction of sp³-hybridized carbons (Fsp3) is 0.429. The van der Waals surface area contributed by atoms with Crippen LogP contribution in [0.2, 0.25) is 0 Å². The summed E-state index contributed by atoms with van der Waals surface area (Å²) in [4.78, 5) is 23.4. The number of fused-ring (bicyclic) bond motifs is 5. The van der Waals surface area contributed by atoms with E-state index in [2.05, 4.69) is 106 Å². The smallest absolute Gasteiger partial charge is 0.494 e. The summed E-state index contributed by atoms with van der Waals surface area (Å²) in [7, 11) is 1.26. The summed E-state index contributed by atoms with van der Waals surface area (Å²) in [5.41, 5.74) is 6.52. The Morgan fingerprint density at radius 3 is 2.62 bits per heavy atom. The lowest BCUT2D eigenvalue weighted by Gasteiger charge is -2.32. The van der Waals surface area contributed by atoms with Crippen LogP contribution in [-0.2, 0) is 20.5 Å². The van der Waals surface area contributed by atoms with Crippen LogP contribution in [0.4, 0.5) is 0 Å². The van der Waals surface area contributed by atoms with E-state index < -0.39 is 18.3 Å². The van der Waals surface area contributed by atoms with Gasteiger partial charge in [-0.05, 0) is 100 Å². The van der Waals surface area contributed by atoms with Gasteiger partial charge in [-0.25, -0.2) is 4.98 Å². The van der Waals surface area contributed by atoms with Gasteiger partial charge < -0.3 is 33.2 Å². The molecule has 2 unspecified atom stereocenters. The van der Waals surface area contributed by atoms with Crippen molar-refractivity contribution < 1.29 is 23.6 Å². The first-order chi connectivity index (χ1) is 24.9.